The van der Waals surface area contributed by atoms with Gasteiger partial charge in [0.15, 0.2) is 11.5 Å². The van der Waals surface area contributed by atoms with Gasteiger partial charge in [-0.25, -0.2) is 4.79 Å². The third-order valence-corrected chi connectivity index (χ3v) is 7.89. The Bertz CT molecular complexity index is 1440. The zero-order chi connectivity index (χ0) is 29.2. The average Bonchev–Trinajstić information content (AvgIpc) is 3.21. The maximum atomic E-state index is 10.1. The Balaban J connectivity index is 0.000000296. The van der Waals surface area contributed by atoms with E-state index in [0.29, 0.717) is 23.1 Å². The van der Waals surface area contributed by atoms with Gasteiger partial charge in [-0.05, 0) is 64.9 Å². The Morgan fingerprint density at radius 1 is 1.07 bits per heavy atom. The fraction of sp³-hybridized carbons (Fsp3) is 0.273. The van der Waals surface area contributed by atoms with Crippen molar-refractivity contribution in [1.29, 1.82) is 0 Å². The summed E-state index contributed by atoms with van der Waals surface area (Å²) in [6, 6.07) is 20.2. The monoisotopic (exact) mass is 590 g/mol. The first-order chi connectivity index (χ1) is 19.9. The molecule has 214 valence electrons. The number of fused-ring (bicyclic) bond motifs is 1. The Morgan fingerprint density at radius 3 is 2.51 bits per heavy atom. The first-order valence-corrected chi connectivity index (χ1v) is 14.3. The number of rotatable bonds is 7. The van der Waals surface area contributed by atoms with Gasteiger partial charge >= 0.3 is 6.09 Å². The molecule has 0 saturated carbocycles. The number of ether oxygens (including phenoxy) is 2. The third-order valence-electron chi connectivity index (χ3n) is 7.18. The predicted octanol–water partition coefficient (Wildman–Crippen LogP) is 6.89. The van der Waals surface area contributed by atoms with Crippen LogP contribution in [0.5, 0.6) is 11.5 Å². The fourth-order valence-corrected chi connectivity index (χ4v) is 5.67. The molecule has 1 amide bonds. The molecule has 5 rings (SSSR count). The van der Waals surface area contributed by atoms with Crippen LogP contribution in [0, 0.1) is 0 Å². The normalized spacial score (nSPS) is 15.9. The molecule has 0 spiro atoms. The third kappa shape index (κ3) is 7.97. The minimum atomic E-state index is -0.992. The highest BCUT2D eigenvalue weighted by atomic mass is 35.5. The van der Waals surface area contributed by atoms with Crippen molar-refractivity contribution < 1.29 is 19.4 Å². The van der Waals surface area contributed by atoms with Crippen molar-refractivity contribution >= 4 is 34.8 Å². The summed E-state index contributed by atoms with van der Waals surface area (Å²) in [5, 5.41) is 14.8. The first-order valence-electron chi connectivity index (χ1n) is 13.5. The number of benzene rings is 3. The molecule has 1 aliphatic carbocycles. The molecule has 1 heterocycles. The lowest BCUT2D eigenvalue weighted by molar-refractivity contribution is 0.194. The molecule has 1 atom stereocenters. The van der Waals surface area contributed by atoms with Gasteiger partial charge in [0.2, 0.25) is 0 Å². The largest absolute Gasteiger partial charge is 0.493 e. The smallest absolute Gasteiger partial charge is 0.404 e. The van der Waals surface area contributed by atoms with Gasteiger partial charge in [-0.3, -0.25) is 0 Å². The molecule has 0 aromatic heterocycles. The number of halogens is 1. The van der Waals surface area contributed by atoms with Crippen molar-refractivity contribution in [3.8, 4) is 11.5 Å². The average molecular weight is 591 g/mol. The lowest BCUT2D eigenvalue weighted by atomic mass is 9.83. The van der Waals surface area contributed by atoms with Gasteiger partial charge in [0, 0.05) is 30.3 Å². The molecule has 3 aromatic carbocycles. The fourth-order valence-electron chi connectivity index (χ4n) is 5.15. The first kappa shape index (κ1) is 30.3. The Kier molecular flexibility index (Phi) is 11.0. The van der Waals surface area contributed by atoms with E-state index in [-0.39, 0.29) is 5.92 Å². The van der Waals surface area contributed by atoms with Crippen molar-refractivity contribution in [1.82, 2.24) is 10.6 Å². The Morgan fingerprint density at radius 2 is 1.83 bits per heavy atom. The molecule has 1 aliphatic heterocycles. The van der Waals surface area contributed by atoms with E-state index in [4.69, 9.17) is 38.4 Å². The number of hydrogen-bond acceptors (Lipinski definition) is 5. The van der Waals surface area contributed by atoms with Crippen molar-refractivity contribution in [3.05, 3.63) is 117 Å². The van der Waals surface area contributed by atoms with Crippen LogP contribution in [0.1, 0.15) is 40.2 Å². The van der Waals surface area contributed by atoms with Crippen molar-refractivity contribution in [2.24, 2.45) is 0 Å². The van der Waals surface area contributed by atoms with E-state index in [9.17, 15) is 4.79 Å². The van der Waals surface area contributed by atoms with E-state index in [1.54, 1.807) is 14.2 Å². The van der Waals surface area contributed by atoms with Crippen LogP contribution in [0.15, 0.2) is 84.5 Å². The molecule has 0 saturated heterocycles. The van der Waals surface area contributed by atoms with Crippen molar-refractivity contribution in [2.75, 3.05) is 27.3 Å². The van der Waals surface area contributed by atoms with Crippen LogP contribution < -0.4 is 20.1 Å². The van der Waals surface area contributed by atoms with Crippen LogP contribution >= 0.6 is 23.8 Å². The highest BCUT2D eigenvalue weighted by molar-refractivity contribution is 7.80. The number of amides is 1. The number of thiocarbonyl (C=S) groups is 1. The quantitative estimate of drug-likeness (QED) is 0.260. The number of allylic oxidation sites excluding steroid dienone is 4. The summed E-state index contributed by atoms with van der Waals surface area (Å²) in [5.74, 6) is 1.47. The molecule has 0 radical (unpaired) electrons. The minimum Gasteiger partial charge on any atom is -0.493 e. The molecule has 0 bridgehead atoms. The second-order valence-electron chi connectivity index (χ2n) is 9.80. The second-order valence-corrected chi connectivity index (χ2v) is 10.7. The number of hydrogen-bond donors (Lipinski definition) is 3. The molecular formula is C33H35ClN2O4S. The standard InChI is InChI=1S/C25H26ClNO2S.C8H9NO2/c1-28-23-14-21-20(24(26)25(23)29-2)11-12-27-15-22(21)19-6-4-3-5-17(19)13-16-7-9-18(30)10-8-16;10-8(11)9-6-7-4-2-1-3-5-7/h3-9,14,22,27H,10-13,15H2,1-2H3;1-5,9H,6H2,(H,10,11). The Labute approximate surface area is 252 Å². The molecule has 1 unspecified atom stereocenters. The van der Waals surface area contributed by atoms with E-state index in [1.807, 2.05) is 36.4 Å². The van der Waals surface area contributed by atoms with Gasteiger partial charge in [0.05, 0.1) is 19.2 Å². The van der Waals surface area contributed by atoms with E-state index >= 15 is 0 Å². The molecule has 6 nitrogen and oxygen atoms in total. The summed E-state index contributed by atoms with van der Waals surface area (Å²) >= 11 is 12.1. The van der Waals surface area contributed by atoms with Gasteiger partial charge in [-0.15, -0.1) is 0 Å². The number of carboxylic acid groups (broad SMARTS) is 1. The molecule has 8 heteroatoms. The Hall–Kier alpha value is -3.65. The van der Waals surface area contributed by atoms with E-state index in [2.05, 4.69) is 53.1 Å². The molecule has 3 N–H and O–H groups in total. The zero-order valence-electron chi connectivity index (χ0n) is 23.3. The number of carbonyl (C=O) groups is 1. The van der Waals surface area contributed by atoms with E-state index < -0.39 is 6.09 Å². The summed E-state index contributed by atoms with van der Waals surface area (Å²) in [7, 11) is 3.29. The van der Waals surface area contributed by atoms with Crippen LogP contribution in [-0.4, -0.2) is 43.4 Å². The van der Waals surface area contributed by atoms with Crippen LogP contribution in [0.4, 0.5) is 4.79 Å². The van der Waals surface area contributed by atoms with Crippen molar-refractivity contribution in [3.63, 3.8) is 0 Å². The number of methoxy groups -OCH3 is 2. The molecular weight excluding hydrogens is 556 g/mol. The molecule has 3 aromatic rings. The van der Waals surface area contributed by atoms with Gasteiger partial charge in [-0.1, -0.05) is 90.6 Å². The maximum absolute atomic E-state index is 10.1. The van der Waals surface area contributed by atoms with Gasteiger partial charge in [0.25, 0.3) is 0 Å². The van der Waals surface area contributed by atoms with Gasteiger partial charge in [-0.2, -0.15) is 0 Å². The topological polar surface area (TPSA) is 79.8 Å². The van der Waals surface area contributed by atoms with E-state index in [0.717, 1.165) is 48.3 Å². The summed E-state index contributed by atoms with van der Waals surface area (Å²) in [6.45, 7) is 2.11. The van der Waals surface area contributed by atoms with Crippen LogP contribution in [0.2, 0.25) is 5.02 Å². The van der Waals surface area contributed by atoms with E-state index in [1.165, 1.54) is 22.3 Å². The lowest BCUT2D eigenvalue weighted by Crippen LogP contribution is -2.21. The van der Waals surface area contributed by atoms with Crippen molar-refractivity contribution in [2.45, 2.75) is 31.7 Å². The SMILES string of the molecule is COc1cc2c(c(Cl)c1OC)CCNCC2c1ccccc1CC1=CCC(=S)C=C1.O=C(O)NCc1ccccc1. The van der Waals surface area contributed by atoms with Gasteiger partial charge < -0.3 is 25.2 Å². The minimum absolute atomic E-state index is 0.185. The summed E-state index contributed by atoms with van der Waals surface area (Å²) in [5.41, 5.74) is 7.27. The molecule has 41 heavy (non-hydrogen) atoms. The van der Waals surface area contributed by atoms with Gasteiger partial charge in [0.1, 0.15) is 0 Å². The molecule has 0 fully saturated rings. The lowest BCUT2D eigenvalue weighted by Gasteiger charge is -2.24. The summed E-state index contributed by atoms with van der Waals surface area (Å²) < 4.78 is 11.2. The highest BCUT2D eigenvalue weighted by Crippen LogP contribution is 2.44. The second kappa shape index (κ2) is 14.8. The van der Waals surface area contributed by atoms with Crippen LogP contribution in [-0.2, 0) is 19.4 Å². The van der Waals surface area contributed by atoms with Crippen LogP contribution in [0.25, 0.3) is 0 Å². The maximum Gasteiger partial charge on any atom is 0.404 e. The highest BCUT2D eigenvalue weighted by Gasteiger charge is 2.27. The zero-order valence-corrected chi connectivity index (χ0v) is 24.9. The number of nitrogens with one attached hydrogen (secondary N) is 2. The molecule has 2 aliphatic rings. The summed E-state index contributed by atoms with van der Waals surface area (Å²) in [6.07, 6.45) is 8.04. The predicted molar refractivity (Wildman–Crippen MR) is 169 cm³/mol. The summed E-state index contributed by atoms with van der Waals surface area (Å²) in [4.78, 5) is 11.1. The van der Waals surface area contributed by atoms with Crippen LogP contribution in [0.3, 0.4) is 0 Å².